The first-order chi connectivity index (χ1) is 13.3. The number of rotatable bonds is 2. The van der Waals surface area contributed by atoms with Gasteiger partial charge in [0.1, 0.15) is 0 Å². The van der Waals surface area contributed by atoms with E-state index in [9.17, 15) is 0 Å². The second-order valence-electron chi connectivity index (χ2n) is 9.33. The lowest BCUT2D eigenvalue weighted by Crippen LogP contribution is -2.35. The molecule has 138 valence electrons. The molecule has 2 aromatic heterocycles. The summed E-state index contributed by atoms with van der Waals surface area (Å²) in [7, 11) is 2.08. The van der Waals surface area contributed by atoms with Crippen LogP contribution in [0.4, 0.5) is 5.69 Å². The summed E-state index contributed by atoms with van der Waals surface area (Å²) in [5.41, 5.74) is 6.88. The fourth-order valence-corrected chi connectivity index (χ4v) is 6.75. The Kier molecular flexibility index (Phi) is 2.70. The van der Waals surface area contributed by atoms with Gasteiger partial charge in [-0.05, 0) is 73.5 Å². The number of H-pyrrole nitrogens is 1. The molecule has 0 saturated heterocycles. The molecule has 5 nitrogen and oxygen atoms in total. The summed E-state index contributed by atoms with van der Waals surface area (Å²) < 4.78 is 2.04. The number of hydrogen-bond donors (Lipinski definition) is 2. The van der Waals surface area contributed by atoms with Gasteiger partial charge in [0.05, 0.1) is 23.4 Å². The normalized spacial score (nSPS) is 33.9. The lowest BCUT2D eigenvalue weighted by molar-refractivity contribution is 0.248. The molecular weight excluding hydrogens is 334 g/mol. The van der Waals surface area contributed by atoms with Crippen molar-refractivity contribution in [3.8, 4) is 0 Å². The van der Waals surface area contributed by atoms with Crippen LogP contribution >= 0.6 is 0 Å². The average Bonchev–Trinajstić information content (AvgIpc) is 3.08. The van der Waals surface area contributed by atoms with Crippen molar-refractivity contribution >= 4 is 16.6 Å². The zero-order chi connectivity index (χ0) is 17.7. The van der Waals surface area contributed by atoms with Crippen molar-refractivity contribution in [2.75, 3.05) is 5.32 Å². The first-order valence-electron chi connectivity index (χ1n) is 10.5. The van der Waals surface area contributed by atoms with Gasteiger partial charge < -0.3 is 5.32 Å². The smallest absolute Gasteiger partial charge is 0.0708 e. The third-order valence-electron chi connectivity index (χ3n) is 7.86. The zero-order valence-corrected chi connectivity index (χ0v) is 15.7. The molecule has 3 fully saturated rings. The van der Waals surface area contributed by atoms with E-state index in [1.807, 2.05) is 10.9 Å². The van der Waals surface area contributed by atoms with E-state index in [2.05, 4.69) is 40.9 Å². The summed E-state index contributed by atoms with van der Waals surface area (Å²) in [6.07, 6.45) is 11.2. The van der Waals surface area contributed by atoms with Gasteiger partial charge >= 0.3 is 0 Å². The van der Waals surface area contributed by atoms with E-state index >= 15 is 0 Å². The molecular formula is C22H25N5. The first-order valence-corrected chi connectivity index (χ1v) is 10.5. The van der Waals surface area contributed by atoms with Gasteiger partial charge in [-0.15, -0.1) is 0 Å². The summed E-state index contributed by atoms with van der Waals surface area (Å²) in [5.74, 6) is 3.74. The second-order valence-corrected chi connectivity index (χ2v) is 9.33. The van der Waals surface area contributed by atoms with Gasteiger partial charge in [0.2, 0.25) is 0 Å². The molecule has 7 rings (SSSR count). The standard InChI is InChI=1S/C22H25N5/c1-27-10-15(21(26-27)11-2-3-11)22-19-13-5-4-12(8-13)18(19)20-14-9-23-25-16(14)6-7-17(20)24-22/h6-7,9-13,18-19,22,24H,2-5,8H2,1H3,(H,23,25)/t12?,13?,18-,19+,22-/m0/s1. The van der Waals surface area contributed by atoms with Crippen molar-refractivity contribution in [3.05, 3.63) is 41.3 Å². The van der Waals surface area contributed by atoms with Crippen LogP contribution in [-0.2, 0) is 7.05 Å². The predicted octanol–water partition coefficient (Wildman–Crippen LogP) is 4.47. The lowest BCUT2D eigenvalue weighted by atomic mass is 9.67. The molecule has 2 bridgehead atoms. The van der Waals surface area contributed by atoms with Crippen LogP contribution in [0.25, 0.3) is 10.9 Å². The maximum absolute atomic E-state index is 4.88. The first kappa shape index (κ1) is 14.7. The molecule has 0 radical (unpaired) electrons. The van der Waals surface area contributed by atoms with Crippen LogP contribution in [0.15, 0.2) is 24.5 Å². The molecule has 4 aliphatic rings. The van der Waals surface area contributed by atoms with Crippen molar-refractivity contribution in [1.29, 1.82) is 0 Å². The van der Waals surface area contributed by atoms with Crippen molar-refractivity contribution in [1.82, 2.24) is 20.0 Å². The van der Waals surface area contributed by atoms with Gasteiger partial charge in [0.15, 0.2) is 0 Å². The molecule has 2 N–H and O–H groups in total. The molecule has 3 aliphatic carbocycles. The van der Waals surface area contributed by atoms with E-state index in [0.29, 0.717) is 23.8 Å². The van der Waals surface area contributed by atoms with E-state index in [1.165, 1.54) is 65.5 Å². The number of hydrogen-bond acceptors (Lipinski definition) is 3. The third-order valence-corrected chi connectivity index (χ3v) is 7.86. The van der Waals surface area contributed by atoms with Crippen molar-refractivity contribution in [2.24, 2.45) is 24.8 Å². The van der Waals surface area contributed by atoms with Crippen LogP contribution in [0, 0.1) is 17.8 Å². The number of aromatic amines is 1. The fourth-order valence-electron chi connectivity index (χ4n) is 6.75. The van der Waals surface area contributed by atoms with Crippen molar-refractivity contribution < 1.29 is 0 Å². The number of anilines is 1. The molecule has 5 atom stereocenters. The highest BCUT2D eigenvalue weighted by molar-refractivity contribution is 5.88. The van der Waals surface area contributed by atoms with Gasteiger partial charge in [-0.1, -0.05) is 0 Å². The predicted molar refractivity (Wildman–Crippen MR) is 105 cm³/mol. The highest BCUT2D eigenvalue weighted by Crippen LogP contribution is 2.65. The average molecular weight is 359 g/mol. The lowest BCUT2D eigenvalue weighted by Gasteiger charge is -2.43. The molecule has 1 aromatic carbocycles. The summed E-state index contributed by atoms with van der Waals surface area (Å²) >= 11 is 0. The van der Waals surface area contributed by atoms with Crippen molar-refractivity contribution in [2.45, 2.75) is 50.0 Å². The Balaban J connectivity index is 1.44. The topological polar surface area (TPSA) is 58.5 Å². The molecule has 2 unspecified atom stereocenters. The maximum Gasteiger partial charge on any atom is 0.0708 e. The van der Waals surface area contributed by atoms with E-state index in [-0.39, 0.29) is 0 Å². The Morgan fingerprint density at radius 2 is 2.00 bits per heavy atom. The summed E-state index contributed by atoms with van der Waals surface area (Å²) in [4.78, 5) is 0. The largest absolute Gasteiger partial charge is 0.378 e. The summed E-state index contributed by atoms with van der Waals surface area (Å²) in [6, 6.07) is 4.87. The fraction of sp³-hybridized carbons (Fsp3) is 0.545. The highest BCUT2D eigenvalue weighted by Gasteiger charge is 2.55. The highest BCUT2D eigenvalue weighted by atomic mass is 15.3. The minimum atomic E-state index is 0.409. The molecule has 0 spiro atoms. The minimum Gasteiger partial charge on any atom is -0.378 e. The Morgan fingerprint density at radius 1 is 1.11 bits per heavy atom. The van der Waals surface area contributed by atoms with E-state index in [4.69, 9.17) is 5.10 Å². The molecule has 3 heterocycles. The Labute approximate surface area is 158 Å². The summed E-state index contributed by atoms with van der Waals surface area (Å²) in [6.45, 7) is 0. The van der Waals surface area contributed by atoms with Crippen LogP contribution < -0.4 is 5.32 Å². The quantitative estimate of drug-likeness (QED) is 0.710. The van der Waals surface area contributed by atoms with Crippen molar-refractivity contribution in [3.63, 3.8) is 0 Å². The Hall–Kier alpha value is -2.30. The third kappa shape index (κ3) is 1.90. The Bertz CT molecular complexity index is 1060. The number of aryl methyl sites for hydroxylation is 1. The van der Waals surface area contributed by atoms with E-state index in [0.717, 1.165) is 11.8 Å². The second kappa shape index (κ2) is 4.94. The van der Waals surface area contributed by atoms with Crippen LogP contribution in [0.5, 0.6) is 0 Å². The van der Waals surface area contributed by atoms with E-state index < -0.39 is 0 Å². The van der Waals surface area contributed by atoms with Crippen LogP contribution in [0.2, 0.25) is 0 Å². The van der Waals surface area contributed by atoms with Gasteiger partial charge in [0, 0.05) is 35.8 Å². The van der Waals surface area contributed by atoms with E-state index in [1.54, 1.807) is 0 Å². The van der Waals surface area contributed by atoms with Gasteiger partial charge in [-0.2, -0.15) is 10.2 Å². The molecule has 3 saturated carbocycles. The monoisotopic (exact) mass is 359 g/mol. The van der Waals surface area contributed by atoms with Crippen LogP contribution in [0.3, 0.4) is 0 Å². The Morgan fingerprint density at radius 3 is 2.89 bits per heavy atom. The number of benzene rings is 1. The molecule has 27 heavy (non-hydrogen) atoms. The maximum atomic E-state index is 4.88. The number of nitrogens with zero attached hydrogens (tertiary/aromatic N) is 3. The number of aromatic nitrogens is 4. The number of fused-ring (bicyclic) bond motifs is 9. The number of nitrogens with one attached hydrogen (secondary N) is 2. The minimum absolute atomic E-state index is 0.409. The van der Waals surface area contributed by atoms with Gasteiger partial charge in [-0.3, -0.25) is 9.78 Å². The molecule has 1 aliphatic heterocycles. The van der Waals surface area contributed by atoms with Crippen LogP contribution in [-0.4, -0.2) is 20.0 Å². The van der Waals surface area contributed by atoms with Gasteiger partial charge in [-0.25, -0.2) is 0 Å². The molecule has 3 aromatic rings. The zero-order valence-electron chi connectivity index (χ0n) is 15.7. The van der Waals surface area contributed by atoms with Crippen LogP contribution in [0.1, 0.15) is 66.8 Å². The SMILES string of the molecule is Cn1cc([C@@H]2Nc3ccc4[nH]ncc4c3[C@H]3C4CCC(C4)[C@@H]23)c(C2CC2)n1. The van der Waals surface area contributed by atoms with Gasteiger partial charge in [0.25, 0.3) is 0 Å². The summed E-state index contributed by atoms with van der Waals surface area (Å²) in [5, 5.41) is 17.7. The molecule has 5 heteroatoms. The molecule has 0 amide bonds.